The summed E-state index contributed by atoms with van der Waals surface area (Å²) in [7, 11) is 0. The number of nitrogens with zero attached hydrogens (tertiary/aromatic N) is 1. The molecule has 0 bridgehead atoms. The van der Waals surface area contributed by atoms with Crippen LogP contribution in [0.25, 0.3) is 0 Å². The molecule has 1 aliphatic heterocycles. The zero-order valence-corrected chi connectivity index (χ0v) is 6.36. The van der Waals surface area contributed by atoms with Crippen molar-refractivity contribution in [1.82, 2.24) is 0 Å². The first kappa shape index (κ1) is 5.41. The Morgan fingerprint density at radius 1 is 1.86 bits per heavy atom. The summed E-state index contributed by atoms with van der Waals surface area (Å²) >= 11 is 3.85. The van der Waals surface area contributed by atoms with Gasteiger partial charge in [-0.25, -0.2) is 4.99 Å². The zero-order chi connectivity index (χ0) is 5.11. The van der Waals surface area contributed by atoms with E-state index >= 15 is 0 Å². The number of aliphatic imine (C=N–C) groups is 1. The van der Waals surface area contributed by atoms with Gasteiger partial charge in [-0.3, -0.25) is 0 Å². The second kappa shape index (κ2) is 2.55. The Balaban J connectivity index is 2.77. The monoisotopic (exact) mass is 223 g/mol. The summed E-state index contributed by atoms with van der Waals surface area (Å²) in [6.45, 7) is 0. The van der Waals surface area contributed by atoms with E-state index in [4.69, 9.17) is 0 Å². The molecule has 0 radical (unpaired) electrons. The summed E-state index contributed by atoms with van der Waals surface area (Å²) in [5, 5.41) is 1.84. The molecule has 0 aromatic heterocycles. The van der Waals surface area contributed by atoms with Gasteiger partial charge >= 0.3 is 0 Å². The molecule has 0 amide bonds. The first-order valence-corrected chi connectivity index (χ1v) is 3.65. The van der Waals surface area contributed by atoms with Crippen molar-refractivity contribution in [2.45, 2.75) is 0 Å². The smallest absolute Gasteiger partial charge is 0.0697 e. The average Bonchev–Trinajstić information content (AvgIpc) is 1.69. The highest BCUT2D eigenvalue weighted by molar-refractivity contribution is 14.1. The fraction of sp³-hybridized carbons (Fsp3) is 0. The molecule has 0 saturated heterocycles. The highest BCUT2D eigenvalue weighted by atomic mass is 127. The van der Waals surface area contributed by atoms with Crippen LogP contribution in [-0.2, 0) is 0 Å². The Morgan fingerprint density at radius 2 is 2.71 bits per heavy atom. The van der Waals surface area contributed by atoms with E-state index in [1.54, 1.807) is 18.0 Å². The van der Waals surface area contributed by atoms with Crippen LogP contribution in [0.4, 0.5) is 0 Å². The highest BCUT2D eigenvalue weighted by Gasteiger charge is 1.87. The van der Waals surface area contributed by atoms with Crippen LogP contribution in [0.15, 0.2) is 19.5 Å². The number of hydrogen-bond donors (Lipinski definition) is 0. The van der Waals surface area contributed by atoms with E-state index < -0.39 is 0 Å². The van der Waals surface area contributed by atoms with Crippen molar-refractivity contribution in [3.8, 4) is 0 Å². The lowest BCUT2D eigenvalue weighted by Crippen LogP contribution is -1.62. The van der Waals surface area contributed by atoms with Crippen LogP contribution < -0.4 is 0 Å². The van der Waals surface area contributed by atoms with Crippen molar-refractivity contribution in [2.75, 3.05) is 0 Å². The molecule has 0 N–H and O–H groups in total. The minimum absolute atomic E-state index is 1.19. The fourth-order valence-corrected chi connectivity index (χ4v) is 1.09. The van der Waals surface area contributed by atoms with Crippen LogP contribution in [-0.4, -0.2) is 5.87 Å². The predicted octanol–water partition coefficient (Wildman–Crippen LogP) is 2.15. The Labute approximate surface area is 59.7 Å². The molecule has 1 heterocycles. The van der Waals surface area contributed by atoms with Crippen LogP contribution in [0.2, 0.25) is 0 Å². The van der Waals surface area contributed by atoms with Gasteiger partial charge in [0.1, 0.15) is 0 Å². The van der Waals surface area contributed by atoms with E-state index in [1.165, 1.54) is 2.91 Å². The first-order chi connectivity index (χ1) is 3.39. The molecule has 1 aliphatic rings. The van der Waals surface area contributed by atoms with Gasteiger partial charge in [-0.05, 0) is 28.5 Å². The molecular formula is C4H2INS. The maximum atomic E-state index is 3.76. The van der Waals surface area contributed by atoms with E-state index in [0.29, 0.717) is 0 Å². The third-order valence-corrected chi connectivity index (χ3v) is 2.06. The standard InChI is InChI=1S/C4H2INS/c5-4-3-6-1-2-7-4/h2-3H. The largest absolute Gasteiger partial charge is 0.212 e. The Bertz CT molecular complexity index is 155. The molecule has 1 nitrogen and oxygen atoms in total. The first-order valence-electron chi connectivity index (χ1n) is 1.69. The van der Waals surface area contributed by atoms with Gasteiger partial charge in [0.25, 0.3) is 0 Å². The van der Waals surface area contributed by atoms with Gasteiger partial charge in [0.15, 0.2) is 0 Å². The molecule has 3 heteroatoms. The van der Waals surface area contributed by atoms with Crippen LogP contribution in [0, 0.1) is 0 Å². The van der Waals surface area contributed by atoms with E-state index in [0.717, 1.165) is 0 Å². The van der Waals surface area contributed by atoms with Crippen LogP contribution in [0.5, 0.6) is 0 Å². The molecular weight excluding hydrogens is 221 g/mol. The molecule has 0 aliphatic carbocycles. The molecule has 0 aromatic rings. The molecule has 1 rings (SSSR count). The Hall–Kier alpha value is 0.270. The second-order valence-electron chi connectivity index (χ2n) is 0.927. The van der Waals surface area contributed by atoms with E-state index in [9.17, 15) is 0 Å². The molecule has 36 valence electrons. The maximum Gasteiger partial charge on any atom is 0.0697 e. The van der Waals surface area contributed by atoms with Crippen LogP contribution in [0.1, 0.15) is 0 Å². The normalized spacial score (nSPS) is 17.0. The van der Waals surface area contributed by atoms with Gasteiger partial charge in [0.05, 0.1) is 9.11 Å². The van der Waals surface area contributed by atoms with Gasteiger partial charge in [-0.1, -0.05) is 11.8 Å². The number of rotatable bonds is 0. The lowest BCUT2D eigenvalue weighted by molar-refractivity contribution is 1.63. The van der Waals surface area contributed by atoms with E-state index in [2.05, 4.69) is 33.5 Å². The van der Waals surface area contributed by atoms with Crippen molar-refractivity contribution in [3.63, 3.8) is 0 Å². The molecule has 0 saturated carbocycles. The van der Waals surface area contributed by atoms with Crippen molar-refractivity contribution < 1.29 is 0 Å². The van der Waals surface area contributed by atoms with Crippen molar-refractivity contribution >= 4 is 40.2 Å². The summed E-state index contributed by atoms with van der Waals surface area (Å²) in [5.74, 6) is 2.70. The molecule has 0 fully saturated rings. The quantitative estimate of drug-likeness (QED) is 0.573. The van der Waals surface area contributed by atoms with E-state index in [1.807, 2.05) is 5.41 Å². The molecule has 0 aromatic carbocycles. The fourth-order valence-electron chi connectivity index (χ4n) is 0.232. The van der Waals surface area contributed by atoms with Gasteiger partial charge in [0.2, 0.25) is 0 Å². The number of halogens is 1. The Morgan fingerprint density at radius 3 is 3.00 bits per heavy atom. The topological polar surface area (TPSA) is 12.4 Å². The number of hydrogen-bond acceptors (Lipinski definition) is 2. The van der Waals surface area contributed by atoms with Gasteiger partial charge < -0.3 is 0 Å². The van der Waals surface area contributed by atoms with Gasteiger partial charge in [0, 0.05) is 5.41 Å². The average molecular weight is 223 g/mol. The summed E-state index contributed by atoms with van der Waals surface area (Å²) < 4.78 is 1.19. The third kappa shape index (κ3) is 1.67. The van der Waals surface area contributed by atoms with Crippen LogP contribution >= 0.6 is 34.4 Å². The summed E-state index contributed by atoms with van der Waals surface area (Å²) in [6, 6.07) is 0. The van der Waals surface area contributed by atoms with Crippen molar-refractivity contribution in [2.24, 2.45) is 4.99 Å². The minimum atomic E-state index is 1.19. The third-order valence-electron chi connectivity index (χ3n) is 0.465. The van der Waals surface area contributed by atoms with Gasteiger partial charge in [-0.2, -0.15) is 0 Å². The minimum Gasteiger partial charge on any atom is -0.212 e. The molecule has 0 unspecified atom stereocenters. The molecule has 0 spiro atoms. The SMILES string of the molecule is IC1=CN=C=CS1. The maximum absolute atomic E-state index is 3.76. The molecule has 0 atom stereocenters. The van der Waals surface area contributed by atoms with Crippen molar-refractivity contribution in [1.29, 1.82) is 0 Å². The summed E-state index contributed by atoms with van der Waals surface area (Å²) in [6.07, 6.45) is 1.78. The van der Waals surface area contributed by atoms with E-state index in [-0.39, 0.29) is 0 Å². The zero-order valence-electron chi connectivity index (χ0n) is 3.39. The summed E-state index contributed by atoms with van der Waals surface area (Å²) in [4.78, 5) is 3.76. The number of thioether (sulfide) groups is 1. The lowest BCUT2D eigenvalue weighted by atomic mass is 11.0. The summed E-state index contributed by atoms with van der Waals surface area (Å²) in [5.41, 5.74) is 0. The van der Waals surface area contributed by atoms with Crippen LogP contribution in [0.3, 0.4) is 0 Å². The Kier molecular flexibility index (Phi) is 1.97. The molecule has 7 heavy (non-hydrogen) atoms. The van der Waals surface area contributed by atoms with Gasteiger partial charge in [-0.15, -0.1) is 0 Å². The lowest BCUT2D eigenvalue weighted by Gasteiger charge is -1.88. The predicted molar refractivity (Wildman–Crippen MR) is 41.7 cm³/mol. The van der Waals surface area contributed by atoms with Crippen molar-refractivity contribution in [3.05, 3.63) is 14.5 Å². The second-order valence-corrected chi connectivity index (χ2v) is 3.73. The highest BCUT2D eigenvalue weighted by Crippen LogP contribution is 2.24.